The third kappa shape index (κ3) is 4.07. The Morgan fingerprint density at radius 2 is 2.00 bits per heavy atom. The molecule has 0 saturated heterocycles. The molecule has 1 aliphatic carbocycles. The van der Waals surface area contributed by atoms with Crippen molar-refractivity contribution in [3.8, 4) is 0 Å². The van der Waals surface area contributed by atoms with Gasteiger partial charge in [-0.2, -0.15) is 0 Å². The van der Waals surface area contributed by atoms with Gasteiger partial charge in [0.1, 0.15) is 6.10 Å². The molecule has 0 aromatic rings. The molecule has 3 atom stereocenters. The van der Waals surface area contributed by atoms with E-state index >= 15 is 0 Å². The molecular weight excluding hydrogens is 196 g/mol. The molecule has 0 aromatic carbocycles. The third-order valence-corrected chi connectivity index (χ3v) is 2.56. The molecule has 0 heterocycles. The molecule has 1 fully saturated rings. The van der Waals surface area contributed by atoms with Gasteiger partial charge in [0.05, 0.1) is 12.2 Å². The van der Waals surface area contributed by atoms with E-state index in [1.54, 1.807) is 7.11 Å². The van der Waals surface area contributed by atoms with E-state index in [-0.39, 0.29) is 18.3 Å². The average Bonchev–Trinajstić information content (AvgIpc) is 2.23. The van der Waals surface area contributed by atoms with Crippen LogP contribution in [-0.4, -0.2) is 50.3 Å². The highest BCUT2D eigenvalue weighted by Crippen LogP contribution is 2.27. The summed E-state index contributed by atoms with van der Waals surface area (Å²) in [4.78, 5) is 0. The molecular formula is C11H22O4. The molecule has 4 heteroatoms. The topological polar surface area (TPSA) is 47.9 Å². The molecule has 0 aromatic heterocycles. The molecule has 4 nitrogen and oxygen atoms in total. The number of aliphatic hydroxyl groups excluding tert-OH is 1. The lowest BCUT2D eigenvalue weighted by atomic mass is 9.88. The Kier molecular flexibility index (Phi) is 6.17. The highest BCUT2D eigenvalue weighted by Gasteiger charge is 2.41. The Hall–Kier alpha value is -0.160. The number of rotatable bonds is 8. The van der Waals surface area contributed by atoms with Gasteiger partial charge >= 0.3 is 0 Å². The zero-order valence-electron chi connectivity index (χ0n) is 9.65. The molecule has 1 rings (SSSR count). The number of methoxy groups -OCH3 is 1. The predicted molar refractivity (Wildman–Crippen MR) is 56.9 cm³/mol. The van der Waals surface area contributed by atoms with Crippen molar-refractivity contribution >= 4 is 0 Å². The van der Waals surface area contributed by atoms with Crippen LogP contribution in [0.3, 0.4) is 0 Å². The van der Waals surface area contributed by atoms with Crippen molar-refractivity contribution < 1.29 is 19.3 Å². The van der Waals surface area contributed by atoms with Crippen molar-refractivity contribution in [2.45, 2.75) is 44.5 Å². The minimum atomic E-state index is -0.344. The van der Waals surface area contributed by atoms with Crippen molar-refractivity contribution in [3.05, 3.63) is 0 Å². The van der Waals surface area contributed by atoms with E-state index in [4.69, 9.17) is 14.2 Å². The summed E-state index contributed by atoms with van der Waals surface area (Å²) in [7, 11) is 1.68. The standard InChI is InChI=1S/C11H22O4/c1-3-5-15-11-9(12)8-10(11)14-7-4-6-13-2/h9-12H,3-8H2,1-2H3. The van der Waals surface area contributed by atoms with Crippen LogP contribution in [0.1, 0.15) is 26.2 Å². The Morgan fingerprint density at radius 1 is 1.20 bits per heavy atom. The fourth-order valence-corrected chi connectivity index (χ4v) is 1.63. The predicted octanol–water partition coefficient (Wildman–Crippen LogP) is 0.968. The summed E-state index contributed by atoms with van der Waals surface area (Å²) >= 11 is 0. The van der Waals surface area contributed by atoms with Gasteiger partial charge in [0, 0.05) is 33.4 Å². The van der Waals surface area contributed by atoms with Gasteiger partial charge < -0.3 is 19.3 Å². The van der Waals surface area contributed by atoms with Gasteiger partial charge in [0.25, 0.3) is 0 Å². The van der Waals surface area contributed by atoms with E-state index in [0.29, 0.717) is 19.6 Å². The number of hydrogen-bond donors (Lipinski definition) is 1. The number of hydrogen-bond acceptors (Lipinski definition) is 4. The van der Waals surface area contributed by atoms with Crippen LogP contribution in [0.15, 0.2) is 0 Å². The maximum atomic E-state index is 9.48. The quantitative estimate of drug-likeness (QED) is 0.617. The molecule has 1 aliphatic rings. The van der Waals surface area contributed by atoms with E-state index in [1.165, 1.54) is 0 Å². The van der Waals surface area contributed by atoms with Gasteiger partial charge in [0.15, 0.2) is 0 Å². The molecule has 0 radical (unpaired) electrons. The molecule has 0 amide bonds. The molecule has 15 heavy (non-hydrogen) atoms. The Balaban J connectivity index is 2.08. The normalized spacial score (nSPS) is 30.2. The second-order valence-corrected chi connectivity index (χ2v) is 3.89. The van der Waals surface area contributed by atoms with Crippen LogP contribution in [0.4, 0.5) is 0 Å². The van der Waals surface area contributed by atoms with E-state index < -0.39 is 0 Å². The SMILES string of the molecule is CCCOC1C(O)CC1OCCCOC. The van der Waals surface area contributed by atoms with Gasteiger partial charge in [-0.15, -0.1) is 0 Å². The number of ether oxygens (including phenoxy) is 3. The maximum absolute atomic E-state index is 9.48. The van der Waals surface area contributed by atoms with Crippen molar-refractivity contribution in [3.63, 3.8) is 0 Å². The van der Waals surface area contributed by atoms with E-state index in [2.05, 4.69) is 6.92 Å². The third-order valence-electron chi connectivity index (χ3n) is 2.56. The summed E-state index contributed by atoms with van der Waals surface area (Å²) in [5, 5.41) is 9.48. The van der Waals surface area contributed by atoms with Gasteiger partial charge in [-0.25, -0.2) is 0 Å². The Labute approximate surface area is 91.5 Å². The lowest BCUT2D eigenvalue weighted by Crippen LogP contribution is -2.53. The van der Waals surface area contributed by atoms with Crippen LogP contribution in [0, 0.1) is 0 Å². The first-order valence-electron chi connectivity index (χ1n) is 5.69. The molecule has 1 N–H and O–H groups in total. The fraction of sp³-hybridized carbons (Fsp3) is 1.00. The Morgan fingerprint density at radius 3 is 2.60 bits per heavy atom. The zero-order valence-corrected chi connectivity index (χ0v) is 9.65. The van der Waals surface area contributed by atoms with E-state index in [9.17, 15) is 5.11 Å². The maximum Gasteiger partial charge on any atom is 0.110 e. The first-order chi connectivity index (χ1) is 7.29. The first-order valence-corrected chi connectivity index (χ1v) is 5.69. The highest BCUT2D eigenvalue weighted by molar-refractivity contribution is 4.91. The summed E-state index contributed by atoms with van der Waals surface area (Å²) in [6.45, 7) is 4.14. The molecule has 90 valence electrons. The van der Waals surface area contributed by atoms with Crippen LogP contribution in [0.2, 0.25) is 0 Å². The summed E-state index contributed by atoms with van der Waals surface area (Å²) in [5.74, 6) is 0. The van der Waals surface area contributed by atoms with Gasteiger partial charge in [-0.1, -0.05) is 6.92 Å². The summed E-state index contributed by atoms with van der Waals surface area (Å²) in [6, 6.07) is 0. The van der Waals surface area contributed by atoms with Crippen molar-refractivity contribution in [1.82, 2.24) is 0 Å². The van der Waals surface area contributed by atoms with Gasteiger partial charge in [-0.3, -0.25) is 0 Å². The highest BCUT2D eigenvalue weighted by atomic mass is 16.6. The molecule has 3 unspecified atom stereocenters. The van der Waals surface area contributed by atoms with Gasteiger partial charge in [-0.05, 0) is 12.8 Å². The molecule has 0 spiro atoms. The van der Waals surface area contributed by atoms with Crippen LogP contribution in [-0.2, 0) is 14.2 Å². The second kappa shape index (κ2) is 7.17. The molecule has 0 aliphatic heterocycles. The fourth-order valence-electron chi connectivity index (χ4n) is 1.63. The van der Waals surface area contributed by atoms with Crippen LogP contribution in [0.25, 0.3) is 0 Å². The van der Waals surface area contributed by atoms with Crippen molar-refractivity contribution in [2.24, 2.45) is 0 Å². The Bertz CT molecular complexity index is 163. The number of aliphatic hydroxyl groups is 1. The summed E-state index contributed by atoms with van der Waals surface area (Å²) < 4.78 is 16.0. The van der Waals surface area contributed by atoms with Crippen LogP contribution >= 0.6 is 0 Å². The van der Waals surface area contributed by atoms with Crippen molar-refractivity contribution in [2.75, 3.05) is 26.9 Å². The zero-order chi connectivity index (χ0) is 11.1. The van der Waals surface area contributed by atoms with E-state index in [1.807, 2.05) is 0 Å². The van der Waals surface area contributed by atoms with E-state index in [0.717, 1.165) is 19.4 Å². The van der Waals surface area contributed by atoms with Gasteiger partial charge in [0.2, 0.25) is 0 Å². The lowest BCUT2D eigenvalue weighted by Gasteiger charge is -2.40. The summed E-state index contributed by atoms with van der Waals surface area (Å²) in [5.41, 5.74) is 0. The van der Waals surface area contributed by atoms with Crippen molar-refractivity contribution in [1.29, 1.82) is 0 Å². The smallest absolute Gasteiger partial charge is 0.110 e. The molecule has 1 saturated carbocycles. The summed E-state index contributed by atoms with van der Waals surface area (Å²) in [6.07, 6.45) is 2.17. The second-order valence-electron chi connectivity index (χ2n) is 3.89. The monoisotopic (exact) mass is 218 g/mol. The molecule has 0 bridgehead atoms. The first kappa shape index (κ1) is 12.9. The minimum Gasteiger partial charge on any atom is -0.390 e. The lowest BCUT2D eigenvalue weighted by molar-refractivity contribution is -0.192. The average molecular weight is 218 g/mol. The van der Waals surface area contributed by atoms with Crippen LogP contribution in [0.5, 0.6) is 0 Å². The van der Waals surface area contributed by atoms with Crippen LogP contribution < -0.4 is 0 Å². The largest absolute Gasteiger partial charge is 0.390 e. The minimum absolute atomic E-state index is 0.0726.